The molecule has 0 aliphatic carbocycles. The Bertz CT molecular complexity index is 442. The molecule has 0 saturated heterocycles. The largest absolute Gasteiger partial charge is 0.478 e. The zero-order chi connectivity index (χ0) is 11.4. The van der Waals surface area contributed by atoms with Gasteiger partial charge in [-0.25, -0.2) is 9.78 Å². The van der Waals surface area contributed by atoms with E-state index in [1.54, 1.807) is 0 Å². The minimum atomic E-state index is -1.14. The average Bonchev–Trinajstić information content (AvgIpc) is 2.16. The fourth-order valence-corrected chi connectivity index (χ4v) is 0.884. The zero-order valence-corrected chi connectivity index (χ0v) is 7.45. The minimum absolute atomic E-state index is 0.201. The van der Waals surface area contributed by atoms with Crippen molar-refractivity contribution >= 4 is 23.6 Å². The summed E-state index contributed by atoms with van der Waals surface area (Å²) in [6.07, 6.45) is 3.31. The number of hydrogen-bond acceptors (Lipinski definition) is 5. The molecule has 3 N–H and O–H groups in total. The Hall–Kier alpha value is -2.44. The molecule has 78 valence electrons. The molecule has 0 bridgehead atoms. The molecule has 0 aromatic carbocycles. The van der Waals surface area contributed by atoms with Crippen LogP contribution in [0.1, 0.15) is 5.56 Å². The quantitative estimate of drug-likeness (QED) is 0.429. The van der Waals surface area contributed by atoms with E-state index in [0.29, 0.717) is 5.56 Å². The Kier molecular flexibility index (Phi) is 2.97. The van der Waals surface area contributed by atoms with Crippen LogP contribution in [-0.4, -0.2) is 21.0 Å². The maximum atomic E-state index is 10.5. The Labute approximate surface area is 84.0 Å². The number of aromatic nitrogens is 1. The number of nitrogens with zero attached hydrogens (tertiary/aromatic N) is 2. The molecule has 0 saturated carbocycles. The van der Waals surface area contributed by atoms with Gasteiger partial charge < -0.3 is 10.8 Å². The number of hydrogen-bond donors (Lipinski definition) is 2. The van der Waals surface area contributed by atoms with E-state index in [-0.39, 0.29) is 11.5 Å². The van der Waals surface area contributed by atoms with Gasteiger partial charge in [-0.3, -0.25) is 10.1 Å². The monoisotopic (exact) mass is 209 g/mol. The highest BCUT2D eigenvalue weighted by atomic mass is 16.6. The summed E-state index contributed by atoms with van der Waals surface area (Å²) in [7, 11) is 0. The van der Waals surface area contributed by atoms with Gasteiger partial charge in [0.15, 0.2) is 0 Å². The van der Waals surface area contributed by atoms with Gasteiger partial charge in [-0.1, -0.05) is 0 Å². The molecule has 0 aliphatic rings. The standard InChI is InChI=1S/C8H7N3O4/c9-8-6(11(14)15)3-5(4-10-8)1-2-7(12)13/h1-4H,(H2,9,10)(H,12,13). The fourth-order valence-electron chi connectivity index (χ4n) is 0.884. The highest BCUT2D eigenvalue weighted by molar-refractivity contribution is 5.85. The average molecular weight is 209 g/mol. The summed E-state index contributed by atoms with van der Waals surface area (Å²) < 4.78 is 0. The molecule has 0 amide bonds. The Morgan fingerprint density at radius 1 is 1.67 bits per heavy atom. The Morgan fingerprint density at radius 3 is 2.87 bits per heavy atom. The third kappa shape index (κ3) is 2.76. The van der Waals surface area contributed by atoms with Gasteiger partial charge in [-0.15, -0.1) is 0 Å². The topological polar surface area (TPSA) is 119 Å². The van der Waals surface area contributed by atoms with Gasteiger partial charge in [0.05, 0.1) is 4.92 Å². The van der Waals surface area contributed by atoms with Crippen LogP contribution in [0.5, 0.6) is 0 Å². The molecule has 7 nitrogen and oxygen atoms in total. The van der Waals surface area contributed by atoms with E-state index >= 15 is 0 Å². The van der Waals surface area contributed by atoms with Crippen LogP contribution in [0, 0.1) is 10.1 Å². The number of nitrogen functional groups attached to an aromatic ring is 1. The van der Waals surface area contributed by atoms with Crippen molar-refractivity contribution in [2.45, 2.75) is 0 Å². The van der Waals surface area contributed by atoms with Crippen LogP contribution in [0.3, 0.4) is 0 Å². The number of nitrogens with two attached hydrogens (primary N) is 1. The summed E-state index contributed by atoms with van der Waals surface area (Å²) >= 11 is 0. The molecule has 7 heteroatoms. The second-order valence-corrected chi connectivity index (χ2v) is 2.60. The van der Waals surface area contributed by atoms with Crippen molar-refractivity contribution < 1.29 is 14.8 Å². The highest BCUT2D eigenvalue weighted by Gasteiger charge is 2.12. The summed E-state index contributed by atoms with van der Waals surface area (Å²) in [5, 5.41) is 18.8. The fraction of sp³-hybridized carbons (Fsp3) is 0. The molecule has 1 heterocycles. The van der Waals surface area contributed by atoms with Crippen LogP contribution in [0.25, 0.3) is 6.08 Å². The summed E-state index contributed by atoms with van der Waals surface area (Å²) in [4.78, 5) is 23.5. The highest BCUT2D eigenvalue weighted by Crippen LogP contribution is 2.19. The zero-order valence-electron chi connectivity index (χ0n) is 7.45. The van der Waals surface area contributed by atoms with E-state index in [1.807, 2.05) is 0 Å². The van der Waals surface area contributed by atoms with Gasteiger partial charge >= 0.3 is 11.7 Å². The SMILES string of the molecule is Nc1ncc(C=CC(=O)O)cc1[N+](=O)[O-]. The summed E-state index contributed by atoms with van der Waals surface area (Å²) in [5.74, 6) is -1.35. The molecule has 1 aromatic heterocycles. The summed E-state index contributed by atoms with van der Waals surface area (Å²) in [6, 6.07) is 1.15. The van der Waals surface area contributed by atoms with Gasteiger partial charge in [0, 0.05) is 23.9 Å². The second kappa shape index (κ2) is 4.18. The van der Waals surface area contributed by atoms with Gasteiger partial charge in [-0.2, -0.15) is 0 Å². The first kappa shape index (κ1) is 10.6. The van der Waals surface area contributed by atoms with Crippen LogP contribution in [0.15, 0.2) is 18.3 Å². The number of carboxylic acid groups (broad SMARTS) is 1. The van der Waals surface area contributed by atoms with E-state index in [2.05, 4.69) is 4.98 Å². The van der Waals surface area contributed by atoms with E-state index in [9.17, 15) is 14.9 Å². The molecule has 1 rings (SSSR count). The van der Waals surface area contributed by atoms with Crippen molar-refractivity contribution in [2.24, 2.45) is 0 Å². The molecule has 0 unspecified atom stereocenters. The Morgan fingerprint density at radius 2 is 2.33 bits per heavy atom. The lowest BCUT2D eigenvalue weighted by Crippen LogP contribution is -1.98. The maximum Gasteiger partial charge on any atom is 0.328 e. The van der Waals surface area contributed by atoms with Crippen molar-refractivity contribution in [1.82, 2.24) is 4.98 Å². The first-order valence-corrected chi connectivity index (χ1v) is 3.81. The summed E-state index contributed by atoms with van der Waals surface area (Å²) in [5.41, 5.74) is 5.21. The molecule has 15 heavy (non-hydrogen) atoms. The molecular weight excluding hydrogens is 202 g/mol. The van der Waals surface area contributed by atoms with Gasteiger partial charge in [-0.05, 0) is 6.08 Å². The maximum absolute atomic E-state index is 10.5. The van der Waals surface area contributed by atoms with E-state index in [4.69, 9.17) is 10.8 Å². The van der Waals surface area contributed by atoms with Crippen LogP contribution in [0.2, 0.25) is 0 Å². The summed E-state index contributed by atoms with van der Waals surface area (Å²) in [6.45, 7) is 0. The number of carboxylic acids is 1. The van der Waals surface area contributed by atoms with Crippen molar-refractivity contribution in [3.8, 4) is 0 Å². The lowest BCUT2D eigenvalue weighted by Gasteiger charge is -1.96. The van der Waals surface area contributed by atoms with Crippen molar-refractivity contribution in [3.05, 3.63) is 34.0 Å². The van der Waals surface area contributed by atoms with Crippen LogP contribution < -0.4 is 5.73 Å². The number of nitro groups is 1. The number of pyridine rings is 1. The third-order valence-corrected chi connectivity index (χ3v) is 1.53. The first-order valence-electron chi connectivity index (χ1n) is 3.81. The van der Waals surface area contributed by atoms with Crippen LogP contribution >= 0.6 is 0 Å². The number of anilines is 1. The van der Waals surface area contributed by atoms with Crippen molar-refractivity contribution in [3.63, 3.8) is 0 Å². The molecule has 1 aromatic rings. The third-order valence-electron chi connectivity index (χ3n) is 1.53. The number of aliphatic carboxylic acids is 1. The van der Waals surface area contributed by atoms with Gasteiger partial charge in [0.25, 0.3) is 0 Å². The predicted molar refractivity (Wildman–Crippen MR) is 52.0 cm³/mol. The van der Waals surface area contributed by atoms with Crippen LogP contribution in [-0.2, 0) is 4.79 Å². The predicted octanol–water partition coefficient (Wildman–Crippen LogP) is 0.670. The van der Waals surface area contributed by atoms with Gasteiger partial charge in [0.1, 0.15) is 0 Å². The van der Waals surface area contributed by atoms with E-state index in [1.165, 1.54) is 12.3 Å². The lowest BCUT2D eigenvalue weighted by molar-refractivity contribution is -0.384. The lowest BCUT2D eigenvalue weighted by atomic mass is 10.2. The number of rotatable bonds is 3. The molecule has 0 fully saturated rings. The Balaban J connectivity index is 3.08. The van der Waals surface area contributed by atoms with Crippen LogP contribution in [0.4, 0.5) is 11.5 Å². The smallest absolute Gasteiger partial charge is 0.328 e. The number of carbonyl (C=O) groups is 1. The van der Waals surface area contributed by atoms with Crippen molar-refractivity contribution in [2.75, 3.05) is 5.73 Å². The van der Waals surface area contributed by atoms with E-state index in [0.717, 1.165) is 12.1 Å². The normalized spacial score (nSPS) is 10.4. The molecule has 0 radical (unpaired) electrons. The molecule has 0 aliphatic heterocycles. The second-order valence-electron chi connectivity index (χ2n) is 2.60. The van der Waals surface area contributed by atoms with E-state index < -0.39 is 10.9 Å². The first-order chi connectivity index (χ1) is 7.00. The van der Waals surface area contributed by atoms with Gasteiger partial charge in [0.2, 0.25) is 5.82 Å². The molecular formula is C8H7N3O4. The molecule has 0 atom stereocenters. The molecule has 0 spiro atoms. The minimum Gasteiger partial charge on any atom is -0.478 e. The van der Waals surface area contributed by atoms with Crippen molar-refractivity contribution in [1.29, 1.82) is 0 Å².